The summed E-state index contributed by atoms with van der Waals surface area (Å²) >= 11 is 0. The van der Waals surface area contributed by atoms with Crippen molar-refractivity contribution in [1.82, 2.24) is 10.2 Å². The van der Waals surface area contributed by atoms with Gasteiger partial charge < -0.3 is 19.9 Å². The molecule has 7 nitrogen and oxygen atoms in total. The average Bonchev–Trinajstić information content (AvgIpc) is 2.61. The normalized spacial score (nSPS) is 19.4. The number of hydrogen-bond acceptors (Lipinski definition) is 6. The Morgan fingerprint density at radius 1 is 1.12 bits per heavy atom. The molecule has 2 saturated heterocycles. The Balaban J connectivity index is 1.99. The van der Waals surface area contributed by atoms with Gasteiger partial charge in [-0.3, -0.25) is 4.79 Å². The smallest absolute Gasteiger partial charge is 0.256 e. The largest absolute Gasteiger partial charge is 0.378 e. The summed E-state index contributed by atoms with van der Waals surface area (Å²) in [6.07, 6.45) is 1.16. The number of amides is 1. The van der Waals surface area contributed by atoms with E-state index in [0.29, 0.717) is 45.0 Å². The van der Waals surface area contributed by atoms with E-state index < -0.39 is 9.84 Å². The van der Waals surface area contributed by atoms with Crippen molar-refractivity contribution in [3.05, 3.63) is 23.8 Å². The van der Waals surface area contributed by atoms with E-state index in [1.807, 2.05) is 0 Å². The molecule has 2 heterocycles. The Morgan fingerprint density at radius 3 is 2.42 bits per heavy atom. The third kappa shape index (κ3) is 3.71. The molecular weight excluding hydrogens is 330 g/mol. The summed E-state index contributed by atoms with van der Waals surface area (Å²) in [7, 11) is -3.36. The average molecular weight is 353 g/mol. The van der Waals surface area contributed by atoms with Gasteiger partial charge in [-0.1, -0.05) is 0 Å². The number of carbonyl (C=O) groups excluding carboxylic acids is 1. The second-order valence-electron chi connectivity index (χ2n) is 6.09. The number of anilines is 1. The van der Waals surface area contributed by atoms with Crippen LogP contribution in [0.15, 0.2) is 23.1 Å². The first kappa shape index (κ1) is 17.2. The number of carbonyl (C=O) groups is 1. The summed E-state index contributed by atoms with van der Waals surface area (Å²) in [5.74, 6) is -0.108. The Morgan fingerprint density at radius 2 is 1.79 bits per heavy atom. The molecule has 0 aromatic heterocycles. The van der Waals surface area contributed by atoms with Gasteiger partial charge in [0.2, 0.25) is 0 Å². The minimum Gasteiger partial charge on any atom is -0.378 e. The lowest BCUT2D eigenvalue weighted by atomic mass is 10.1. The van der Waals surface area contributed by atoms with Crippen molar-refractivity contribution in [2.45, 2.75) is 4.90 Å². The van der Waals surface area contributed by atoms with Gasteiger partial charge in [0.05, 0.1) is 23.7 Å². The molecule has 1 aromatic rings. The SMILES string of the molecule is CS(=O)(=O)c1ccc(N2CCOCC2)c(C(=O)N2CCNCC2)c1. The molecule has 132 valence electrons. The predicted octanol–water partition coefficient (Wildman–Crippen LogP) is -0.0279. The lowest BCUT2D eigenvalue weighted by Gasteiger charge is -2.33. The van der Waals surface area contributed by atoms with Gasteiger partial charge in [-0.25, -0.2) is 8.42 Å². The minimum atomic E-state index is -3.36. The van der Waals surface area contributed by atoms with E-state index in [9.17, 15) is 13.2 Å². The van der Waals surface area contributed by atoms with Gasteiger partial charge in [0.25, 0.3) is 5.91 Å². The number of piperazine rings is 1. The van der Waals surface area contributed by atoms with Gasteiger partial charge in [-0.2, -0.15) is 0 Å². The molecule has 24 heavy (non-hydrogen) atoms. The number of nitrogens with zero attached hydrogens (tertiary/aromatic N) is 2. The number of ether oxygens (including phenoxy) is 1. The number of benzene rings is 1. The van der Waals surface area contributed by atoms with E-state index in [1.54, 1.807) is 17.0 Å². The predicted molar refractivity (Wildman–Crippen MR) is 91.4 cm³/mol. The van der Waals surface area contributed by atoms with Crippen LogP contribution < -0.4 is 10.2 Å². The molecule has 0 spiro atoms. The quantitative estimate of drug-likeness (QED) is 0.822. The molecule has 3 rings (SSSR count). The lowest BCUT2D eigenvalue weighted by molar-refractivity contribution is 0.0735. The van der Waals surface area contributed by atoms with Gasteiger partial charge in [0.1, 0.15) is 0 Å². The van der Waals surface area contributed by atoms with Crippen molar-refractivity contribution >= 4 is 21.4 Å². The molecule has 0 saturated carbocycles. The highest BCUT2D eigenvalue weighted by Gasteiger charge is 2.25. The Kier molecular flexibility index (Phi) is 5.07. The molecule has 2 fully saturated rings. The zero-order valence-electron chi connectivity index (χ0n) is 13.8. The van der Waals surface area contributed by atoms with Crippen LogP contribution in [-0.2, 0) is 14.6 Å². The number of hydrogen-bond donors (Lipinski definition) is 1. The summed E-state index contributed by atoms with van der Waals surface area (Å²) < 4.78 is 29.2. The fraction of sp³-hybridized carbons (Fsp3) is 0.562. The fourth-order valence-corrected chi connectivity index (χ4v) is 3.68. The Labute approximate surface area is 142 Å². The molecule has 1 N–H and O–H groups in total. The maximum atomic E-state index is 13.0. The zero-order valence-corrected chi connectivity index (χ0v) is 14.6. The van der Waals surface area contributed by atoms with Gasteiger partial charge >= 0.3 is 0 Å². The van der Waals surface area contributed by atoms with Gasteiger partial charge in [0.15, 0.2) is 9.84 Å². The summed E-state index contributed by atoms with van der Waals surface area (Å²) in [5.41, 5.74) is 1.25. The van der Waals surface area contributed by atoms with E-state index in [1.165, 1.54) is 6.07 Å². The first-order valence-electron chi connectivity index (χ1n) is 8.13. The second kappa shape index (κ2) is 7.08. The summed E-state index contributed by atoms with van der Waals surface area (Å²) in [5, 5.41) is 3.22. The van der Waals surface area contributed by atoms with Crippen molar-refractivity contribution < 1.29 is 17.9 Å². The van der Waals surface area contributed by atoms with Crippen molar-refractivity contribution in [3.63, 3.8) is 0 Å². The fourth-order valence-electron chi connectivity index (χ4n) is 3.04. The van der Waals surface area contributed by atoms with Crippen molar-refractivity contribution in [1.29, 1.82) is 0 Å². The van der Waals surface area contributed by atoms with Crippen LogP contribution in [0.5, 0.6) is 0 Å². The van der Waals surface area contributed by atoms with E-state index in [0.717, 1.165) is 25.0 Å². The number of nitrogens with one attached hydrogen (secondary N) is 1. The van der Waals surface area contributed by atoms with Crippen LogP contribution in [0.2, 0.25) is 0 Å². The molecule has 0 bridgehead atoms. The molecule has 0 aliphatic carbocycles. The van der Waals surface area contributed by atoms with Gasteiger partial charge in [-0.05, 0) is 18.2 Å². The van der Waals surface area contributed by atoms with Crippen molar-refractivity contribution in [3.8, 4) is 0 Å². The van der Waals surface area contributed by atoms with E-state index in [-0.39, 0.29) is 10.8 Å². The first-order chi connectivity index (χ1) is 11.5. The number of morpholine rings is 1. The highest BCUT2D eigenvalue weighted by molar-refractivity contribution is 7.90. The molecule has 2 aliphatic heterocycles. The van der Waals surface area contributed by atoms with Crippen LogP contribution >= 0.6 is 0 Å². The molecule has 1 amide bonds. The van der Waals surface area contributed by atoms with Crippen LogP contribution in [0.25, 0.3) is 0 Å². The Bertz CT molecular complexity index is 708. The van der Waals surface area contributed by atoms with Crippen LogP contribution in [0.4, 0.5) is 5.69 Å². The maximum Gasteiger partial charge on any atom is 0.256 e. The molecule has 0 atom stereocenters. The summed E-state index contributed by atoms with van der Waals surface area (Å²) in [4.78, 5) is 17.0. The van der Waals surface area contributed by atoms with Crippen LogP contribution in [0.3, 0.4) is 0 Å². The van der Waals surface area contributed by atoms with E-state index in [2.05, 4.69) is 10.2 Å². The van der Waals surface area contributed by atoms with Gasteiger partial charge in [0, 0.05) is 51.2 Å². The highest BCUT2D eigenvalue weighted by Crippen LogP contribution is 2.26. The third-order valence-electron chi connectivity index (χ3n) is 4.38. The second-order valence-corrected chi connectivity index (χ2v) is 8.11. The van der Waals surface area contributed by atoms with Crippen molar-refractivity contribution in [2.24, 2.45) is 0 Å². The molecule has 1 aromatic carbocycles. The molecule has 2 aliphatic rings. The highest BCUT2D eigenvalue weighted by atomic mass is 32.2. The van der Waals surface area contributed by atoms with Crippen LogP contribution in [-0.4, -0.2) is 78.0 Å². The Hall–Kier alpha value is -1.64. The van der Waals surface area contributed by atoms with Crippen LogP contribution in [0, 0.1) is 0 Å². The first-order valence-corrected chi connectivity index (χ1v) is 10.0. The number of rotatable bonds is 3. The lowest BCUT2D eigenvalue weighted by Crippen LogP contribution is -2.47. The monoisotopic (exact) mass is 353 g/mol. The van der Waals surface area contributed by atoms with Crippen molar-refractivity contribution in [2.75, 3.05) is 63.6 Å². The molecule has 0 radical (unpaired) electrons. The minimum absolute atomic E-state index is 0.108. The molecular formula is C16H23N3O4S. The maximum absolute atomic E-state index is 13.0. The van der Waals surface area contributed by atoms with E-state index >= 15 is 0 Å². The number of sulfone groups is 1. The third-order valence-corrected chi connectivity index (χ3v) is 5.49. The zero-order chi connectivity index (χ0) is 17.2. The standard InChI is InChI=1S/C16H23N3O4S/c1-24(21,22)13-2-3-15(18-8-10-23-11-9-18)14(12-13)16(20)19-6-4-17-5-7-19/h2-3,12,17H,4-11H2,1H3. The molecule has 0 unspecified atom stereocenters. The van der Waals surface area contributed by atoms with E-state index in [4.69, 9.17) is 4.74 Å². The van der Waals surface area contributed by atoms with Crippen LogP contribution in [0.1, 0.15) is 10.4 Å². The molecule has 8 heteroatoms. The summed E-state index contributed by atoms with van der Waals surface area (Å²) in [6.45, 7) is 5.37. The topological polar surface area (TPSA) is 79.0 Å². The van der Waals surface area contributed by atoms with Gasteiger partial charge in [-0.15, -0.1) is 0 Å². The summed E-state index contributed by atoms with van der Waals surface area (Å²) in [6, 6.07) is 4.84.